The van der Waals surface area contributed by atoms with E-state index >= 15 is 0 Å². The van der Waals surface area contributed by atoms with Crippen molar-refractivity contribution in [3.8, 4) is 72.4 Å². The molecule has 1 aromatic heterocycles. The van der Waals surface area contributed by atoms with Crippen molar-refractivity contribution in [3.63, 3.8) is 0 Å². The van der Waals surface area contributed by atoms with Gasteiger partial charge in [-0.2, -0.15) is 0 Å². The highest BCUT2D eigenvalue weighted by Crippen LogP contribution is 2.47. The van der Waals surface area contributed by atoms with Crippen LogP contribution >= 0.6 is 0 Å². The molecule has 0 saturated heterocycles. The molecule has 1 heterocycles. The predicted octanol–water partition coefficient (Wildman–Crippen LogP) is 21.0. The van der Waals surface area contributed by atoms with Crippen LogP contribution in [0.4, 0.5) is 0 Å². The van der Waals surface area contributed by atoms with Gasteiger partial charge in [0.1, 0.15) is 0 Å². The fraction of sp³-hybridized carbons (Fsp3) is 0.162. The summed E-state index contributed by atoms with van der Waals surface area (Å²) in [4.78, 5) is 0. The lowest BCUT2D eigenvalue weighted by atomic mass is 9.79. The van der Waals surface area contributed by atoms with Gasteiger partial charge in [-0.05, 0) is 170 Å². The summed E-state index contributed by atoms with van der Waals surface area (Å²) in [6.45, 7) is 20.8. The van der Waals surface area contributed by atoms with Gasteiger partial charge >= 0.3 is 0 Å². The quantitative estimate of drug-likeness (QED) is 0.140. The van der Waals surface area contributed by atoms with Crippen molar-refractivity contribution in [1.29, 1.82) is 0 Å². The summed E-state index contributed by atoms with van der Waals surface area (Å²) in [7, 11) is 0. The Balaban J connectivity index is 0.929. The minimum atomic E-state index is -0.0208. The third-order valence-corrected chi connectivity index (χ3v) is 15.7. The normalized spacial score (nSPS) is 12.3. The van der Waals surface area contributed by atoms with Gasteiger partial charge in [-0.3, -0.25) is 0 Å². The highest BCUT2D eigenvalue weighted by atomic mass is 15.0. The highest BCUT2D eigenvalue weighted by Gasteiger charge is 2.24. The van der Waals surface area contributed by atoms with Gasteiger partial charge in [0.15, 0.2) is 0 Å². The lowest BCUT2D eigenvalue weighted by molar-refractivity contribution is 0.590. The Morgan fingerprint density at radius 1 is 0.227 bits per heavy atom. The summed E-state index contributed by atoms with van der Waals surface area (Å²) in [6.07, 6.45) is 0. The second-order valence-corrected chi connectivity index (χ2v) is 23.8. The van der Waals surface area contributed by atoms with E-state index in [4.69, 9.17) is 0 Å². The molecule has 0 spiro atoms. The van der Waals surface area contributed by atoms with Crippen molar-refractivity contribution >= 4 is 43.4 Å². The number of nitrogens with zero attached hydrogens (tertiary/aromatic N) is 1. The van der Waals surface area contributed by atoms with Gasteiger partial charge in [0.05, 0.1) is 11.0 Å². The Kier molecular flexibility index (Phi) is 11.6. The third kappa shape index (κ3) is 8.85. The number of hydrogen-bond donors (Lipinski definition) is 0. The molecule has 0 atom stereocenters. The van der Waals surface area contributed by atoms with Gasteiger partial charge in [-0.25, -0.2) is 0 Å². The van der Waals surface area contributed by atoms with Crippen LogP contribution in [0.2, 0.25) is 0 Å². The van der Waals surface area contributed by atoms with Crippen LogP contribution in [0.5, 0.6) is 0 Å². The molecule has 0 aliphatic carbocycles. The molecule has 0 aliphatic heterocycles. The number of fused-ring (bicyclic) bond motifs is 5. The van der Waals surface area contributed by atoms with E-state index in [9.17, 15) is 0 Å². The van der Waals surface area contributed by atoms with Crippen LogP contribution in [0.15, 0.2) is 231 Å². The van der Waals surface area contributed by atoms with Crippen LogP contribution in [-0.2, 0) is 16.2 Å². The van der Waals surface area contributed by atoms with Crippen molar-refractivity contribution in [2.75, 3.05) is 0 Å². The maximum absolute atomic E-state index is 2.47. The summed E-state index contributed by atoms with van der Waals surface area (Å²) in [5.41, 5.74) is 22.4. The van der Waals surface area contributed by atoms with E-state index < -0.39 is 0 Å². The van der Waals surface area contributed by atoms with Gasteiger partial charge in [-0.1, -0.05) is 244 Å². The molecule has 1 heteroatoms. The van der Waals surface area contributed by atoms with Crippen molar-refractivity contribution in [2.24, 2.45) is 0 Å². The van der Waals surface area contributed by atoms with E-state index in [0.717, 1.165) is 0 Å². The number of hydrogen-bond acceptors (Lipinski definition) is 0. The monoisotopic (exact) mass is 968 g/mol. The summed E-state index contributed by atoms with van der Waals surface area (Å²) in [5, 5.41) is 7.67. The van der Waals surface area contributed by atoms with E-state index in [0.29, 0.717) is 0 Å². The van der Waals surface area contributed by atoms with Gasteiger partial charge < -0.3 is 4.57 Å². The molecule has 0 fully saturated rings. The first-order valence-corrected chi connectivity index (χ1v) is 26.7. The Hall–Kier alpha value is -8.26. The van der Waals surface area contributed by atoms with E-state index in [1.165, 1.54) is 132 Å². The average molecular weight is 968 g/mol. The van der Waals surface area contributed by atoms with Crippen molar-refractivity contribution in [1.82, 2.24) is 4.57 Å². The fourth-order valence-electron chi connectivity index (χ4n) is 11.3. The van der Waals surface area contributed by atoms with Crippen molar-refractivity contribution < 1.29 is 0 Å². The third-order valence-electron chi connectivity index (χ3n) is 15.7. The SMILES string of the molecule is CC(C)(C)c1ccc2c(-c3ccc(-c4ccc(-c5ccc6c(c5)c5cc(C(C)(C)C)ccc5n6-c5ccccc5)cc4)cc3)c3cc(C(C)(C)C)ccc3c(-c3ccc(-c4ccc(-c5ccccc5)cc4)cc3)c2c1. The molecule has 366 valence electrons. The minimum absolute atomic E-state index is 0.0185. The second kappa shape index (κ2) is 18.3. The lowest BCUT2D eigenvalue weighted by Crippen LogP contribution is -2.11. The van der Waals surface area contributed by atoms with Gasteiger partial charge in [0.25, 0.3) is 0 Å². The largest absolute Gasteiger partial charge is 0.309 e. The number of benzene rings is 11. The molecule has 1 nitrogen and oxygen atoms in total. The molecule has 0 aliphatic rings. The van der Waals surface area contributed by atoms with E-state index in [1.807, 2.05) is 0 Å². The Bertz CT molecular complexity index is 4080. The van der Waals surface area contributed by atoms with E-state index in [1.54, 1.807) is 0 Å². The molecule has 12 rings (SSSR count). The minimum Gasteiger partial charge on any atom is -0.309 e. The van der Waals surface area contributed by atoms with Crippen LogP contribution < -0.4 is 0 Å². The number of para-hydroxylation sites is 1. The first kappa shape index (κ1) is 47.7. The zero-order chi connectivity index (χ0) is 51.8. The summed E-state index contributed by atoms with van der Waals surface area (Å²) < 4.78 is 2.41. The van der Waals surface area contributed by atoms with Crippen LogP contribution in [0.25, 0.3) is 116 Å². The van der Waals surface area contributed by atoms with Crippen LogP contribution in [0, 0.1) is 0 Å². The maximum atomic E-state index is 2.47. The van der Waals surface area contributed by atoms with Crippen molar-refractivity contribution in [3.05, 3.63) is 247 Å². The Morgan fingerprint density at radius 3 is 0.920 bits per heavy atom. The fourth-order valence-corrected chi connectivity index (χ4v) is 11.3. The Labute approximate surface area is 443 Å². The summed E-state index contributed by atoms with van der Waals surface area (Å²) >= 11 is 0. The zero-order valence-electron chi connectivity index (χ0n) is 44.9. The van der Waals surface area contributed by atoms with E-state index in [-0.39, 0.29) is 16.2 Å². The van der Waals surface area contributed by atoms with E-state index in [2.05, 4.69) is 297 Å². The molecule has 12 aromatic rings. The zero-order valence-corrected chi connectivity index (χ0v) is 44.9. The standard InChI is InChI=1S/C74H65N/c1-72(2,3)58-38-41-63-66(46-58)70(55-32-28-52(29-33-55)50-22-20-49(21-23-50)48-16-12-10-13-17-48)62-40-37-59(73(4,5)6)47-67(62)71(63)56-34-30-53(31-35-56)51-24-26-54(27-25-51)57-36-42-68-64(44-57)65-45-60(74(7,8)9)39-43-69(65)75(68)61-18-14-11-15-19-61/h10-47H,1-9H3. The van der Waals surface area contributed by atoms with Crippen molar-refractivity contribution in [2.45, 2.75) is 78.6 Å². The first-order chi connectivity index (χ1) is 36.1. The molecular weight excluding hydrogens is 903 g/mol. The summed E-state index contributed by atoms with van der Waals surface area (Å²) in [5.74, 6) is 0. The van der Waals surface area contributed by atoms with Gasteiger partial charge in [0.2, 0.25) is 0 Å². The number of rotatable bonds is 7. The molecule has 0 saturated carbocycles. The molecule has 0 amide bonds. The average Bonchev–Trinajstić information content (AvgIpc) is 3.78. The predicted molar refractivity (Wildman–Crippen MR) is 325 cm³/mol. The smallest absolute Gasteiger partial charge is 0.0541 e. The molecule has 0 N–H and O–H groups in total. The maximum Gasteiger partial charge on any atom is 0.0541 e. The van der Waals surface area contributed by atoms with Crippen LogP contribution in [-0.4, -0.2) is 4.57 Å². The molecule has 0 unspecified atom stereocenters. The Morgan fingerprint density at radius 2 is 0.520 bits per heavy atom. The topological polar surface area (TPSA) is 4.93 Å². The number of aromatic nitrogens is 1. The molecule has 0 radical (unpaired) electrons. The lowest BCUT2D eigenvalue weighted by Gasteiger charge is -2.25. The van der Waals surface area contributed by atoms with Gasteiger partial charge in [-0.15, -0.1) is 0 Å². The molecule has 11 aromatic carbocycles. The molecule has 0 bridgehead atoms. The van der Waals surface area contributed by atoms with Crippen LogP contribution in [0.1, 0.15) is 79.0 Å². The molecule has 75 heavy (non-hydrogen) atoms. The summed E-state index contributed by atoms with van der Waals surface area (Å²) in [6, 6.07) is 86.5. The highest BCUT2D eigenvalue weighted by molar-refractivity contribution is 6.22. The first-order valence-electron chi connectivity index (χ1n) is 26.7. The van der Waals surface area contributed by atoms with Gasteiger partial charge in [0, 0.05) is 16.5 Å². The second-order valence-electron chi connectivity index (χ2n) is 23.8. The molecular formula is C74H65N. The van der Waals surface area contributed by atoms with Crippen LogP contribution in [0.3, 0.4) is 0 Å².